The van der Waals surface area contributed by atoms with E-state index in [0.29, 0.717) is 21.8 Å². The maximum absolute atomic E-state index is 10.8. The highest BCUT2D eigenvalue weighted by Crippen LogP contribution is 2.45. The van der Waals surface area contributed by atoms with Crippen LogP contribution in [0.5, 0.6) is 11.5 Å². The zero-order valence-corrected chi connectivity index (χ0v) is 10.2. The monoisotopic (exact) mass is 270 g/mol. The van der Waals surface area contributed by atoms with E-state index >= 15 is 0 Å². The molecule has 6 heteroatoms. The minimum absolute atomic E-state index is 0.0413. The molecule has 3 rings (SSSR count). The number of nitrogens with zero attached hydrogens (tertiary/aromatic N) is 1. The Kier molecular flexibility index (Phi) is 2.66. The first-order valence-electron chi connectivity index (χ1n) is 5.81. The molecule has 0 aliphatic rings. The minimum Gasteiger partial charge on any atom is -0.507 e. The molecular weight excluding hydrogens is 260 g/mol. The molecule has 6 nitrogen and oxygen atoms in total. The second-order valence-corrected chi connectivity index (χ2v) is 4.36. The molecule has 0 aromatic heterocycles. The Morgan fingerprint density at radius 3 is 2.45 bits per heavy atom. The van der Waals surface area contributed by atoms with Crippen molar-refractivity contribution in [3.05, 3.63) is 41.3 Å². The lowest BCUT2D eigenvalue weighted by atomic mass is 9.99. The van der Waals surface area contributed by atoms with Crippen LogP contribution in [0.2, 0.25) is 0 Å². The van der Waals surface area contributed by atoms with Crippen LogP contribution in [-0.2, 0) is 0 Å². The molecule has 0 aliphatic carbocycles. The number of fused-ring (bicyclic) bond motifs is 2. The normalized spacial score (nSPS) is 10.8. The van der Waals surface area contributed by atoms with Crippen molar-refractivity contribution in [2.45, 2.75) is 0 Å². The zero-order valence-electron chi connectivity index (χ0n) is 10.2. The fraction of sp³-hybridized carbons (Fsp3) is 0. The number of hydrogen-bond donors (Lipinski definition) is 4. The SMILES string of the molecule is O=Nc1cccc2c(O)c3ccc(NO)cc3c(O)c12. The van der Waals surface area contributed by atoms with Crippen molar-refractivity contribution in [2.24, 2.45) is 5.18 Å². The summed E-state index contributed by atoms with van der Waals surface area (Å²) in [6.45, 7) is 0. The second kappa shape index (κ2) is 4.36. The van der Waals surface area contributed by atoms with E-state index in [0.717, 1.165) is 0 Å². The highest BCUT2D eigenvalue weighted by Gasteiger charge is 2.16. The highest BCUT2D eigenvalue weighted by molar-refractivity contribution is 6.14. The summed E-state index contributed by atoms with van der Waals surface area (Å²) >= 11 is 0. The maximum atomic E-state index is 10.8. The molecule has 0 amide bonds. The van der Waals surface area contributed by atoms with Crippen LogP contribution in [0.25, 0.3) is 21.5 Å². The van der Waals surface area contributed by atoms with Crippen molar-refractivity contribution >= 4 is 32.9 Å². The fourth-order valence-electron chi connectivity index (χ4n) is 2.36. The van der Waals surface area contributed by atoms with E-state index in [9.17, 15) is 15.1 Å². The predicted octanol–water partition coefficient (Wildman–Crippen LogP) is 3.60. The van der Waals surface area contributed by atoms with Gasteiger partial charge in [-0.05, 0) is 29.4 Å². The summed E-state index contributed by atoms with van der Waals surface area (Å²) < 4.78 is 0. The number of phenolic OH excluding ortho intramolecular Hbond substituents is 2. The summed E-state index contributed by atoms with van der Waals surface area (Å²) in [5.41, 5.74) is 2.36. The molecule has 0 saturated heterocycles. The van der Waals surface area contributed by atoms with Crippen LogP contribution in [0.3, 0.4) is 0 Å². The fourth-order valence-corrected chi connectivity index (χ4v) is 2.36. The standard InChI is InChI=1S/C14H10N2O4/c17-13-8-5-4-7(15-19)6-10(8)14(18)12-9(13)2-1-3-11(12)16-20/h1-6,15,17-19H. The van der Waals surface area contributed by atoms with Gasteiger partial charge in [-0.2, -0.15) is 0 Å². The summed E-state index contributed by atoms with van der Waals surface area (Å²) in [6, 6.07) is 9.20. The van der Waals surface area contributed by atoms with Crippen molar-refractivity contribution in [1.29, 1.82) is 0 Å². The van der Waals surface area contributed by atoms with Crippen molar-refractivity contribution in [2.75, 3.05) is 5.48 Å². The van der Waals surface area contributed by atoms with Gasteiger partial charge in [0.25, 0.3) is 0 Å². The quantitative estimate of drug-likeness (QED) is 0.246. The molecule has 3 aromatic rings. The van der Waals surface area contributed by atoms with E-state index in [-0.39, 0.29) is 22.6 Å². The molecule has 0 saturated carbocycles. The van der Waals surface area contributed by atoms with Gasteiger partial charge < -0.3 is 10.2 Å². The number of phenols is 2. The lowest BCUT2D eigenvalue weighted by Gasteiger charge is -2.11. The van der Waals surface area contributed by atoms with E-state index in [1.54, 1.807) is 24.3 Å². The molecule has 0 unspecified atom stereocenters. The van der Waals surface area contributed by atoms with E-state index < -0.39 is 0 Å². The van der Waals surface area contributed by atoms with Crippen LogP contribution in [-0.4, -0.2) is 15.4 Å². The van der Waals surface area contributed by atoms with Crippen LogP contribution < -0.4 is 5.48 Å². The van der Waals surface area contributed by atoms with Crippen LogP contribution in [0.1, 0.15) is 0 Å². The third kappa shape index (κ3) is 1.55. The Hall–Kier alpha value is -2.86. The molecule has 20 heavy (non-hydrogen) atoms. The molecule has 0 bridgehead atoms. The molecule has 0 spiro atoms. The lowest BCUT2D eigenvalue weighted by Crippen LogP contribution is -1.89. The van der Waals surface area contributed by atoms with E-state index in [1.165, 1.54) is 12.1 Å². The molecule has 0 atom stereocenters. The molecular formula is C14H10N2O4. The van der Waals surface area contributed by atoms with Crippen molar-refractivity contribution < 1.29 is 15.4 Å². The molecule has 0 heterocycles. The molecule has 4 N–H and O–H groups in total. The van der Waals surface area contributed by atoms with Crippen LogP contribution in [0.4, 0.5) is 11.4 Å². The Labute approximate surface area is 112 Å². The Balaban J connectivity index is 2.58. The summed E-state index contributed by atoms with van der Waals surface area (Å²) in [5, 5.41) is 33.7. The van der Waals surface area contributed by atoms with Gasteiger partial charge in [0.1, 0.15) is 17.2 Å². The van der Waals surface area contributed by atoms with Crippen LogP contribution in [0.15, 0.2) is 41.6 Å². The number of nitrogens with one attached hydrogen (secondary N) is 1. The predicted molar refractivity (Wildman–Crippen MR) is 75.6 cm³/mol. The first-order chi connectivity index (χ1) is 9.67. The van der Waals surface area contributed by atoms with Gasteiger partial charge in [0.15, 0.2) is 0 Å². The Morgan fingerprint density at radius 2 is 1.75 bits per heavy atom. The van der Waals surface area contributed by atoms with Crippen molar-refractivity contribution in [3.8, 4) is 11.5 Å². The smallest absolute Gasteiger partial charge is 0.133 e. The molecule has 0 fully saturated rings. The van der Waals surface area contributed by atoms with Crippen molar-refractivity contribution in [1.82, 2.24) is 0 Å². The number of aromatic hydroxyl groups is 2. The number of benzene rings is 3. The Morgan fingerprint density at radius 1 is 0.950 bits per heavy atom. The average Bonchev–Trinajstić information content (AvgIpc) is 2.51. The van der Waals surface area contributed by atoms with Gasteiger partial charge in [-0.15, -0.1) is 4.91 Å². The minimum atomic E-state index is -0.167. The van der Waals surface area contributed by atoms with Crippen LogP contribution in [0, 0.1) is 4.91 Å². The molecule has 100 valence electrons. The van der Waals surface area contributed by atoms with Gasteiger partial charge >= 0.3 is 0 Å². The van der Waals surface area contributed by atoms with Crippen molar-refractivity contribution in [3.63, 3.8) is 0 Å². The number of nitroso groups, excluding NO2 is 1. The summed E-state index contributed by atoms with van der Waals surface area (Å²) in [4.78, 5) is 10.8. The average molecular weight is 270 g/mol. The number of hydrogen-bond acceptors (Lipinski definition) is 6. The topological polar surface area (TPSA) is 102 Å². The second-order valence-electron chi connectivity index (χ2n) is 4.36. The number of rotatable bonds is 2. The summed E-state index contributed by atoms with van der Waals surface area (Å²) in [5.74, 6) is -0.220. The van der Waals surface area contributed by atoms with Crippen LogP contribution >= 0.6 is 0 Å². The third-order valence-corrected chi connectivity index (χ3v) is 3.29. The summed E-state index contributed by atoms with van der Waals surface area (Å²) in [7, 11) is 0. The first-order valence-corrected chi connectivity index (χ1v) is 5.81. The third-order valence-electron chi connectivity index (χ3n) is 3.29. The van der Waals surface area contributed by atoms with E-state index in [1.807, 2.05) is 5.48 Å². The Bertz CT molecular complexity index is 846. The molecule has 0 radical (unpaired) electrons. The number of anilines is 1. The summed E-state index contributed by atoms with van der Waals surface area (Å²) in [6.07, 6.45) is 0. The molecule has 3 aromatic carbocycles. The van der Waals surface area contributed by atoms with Gasteiger partial charge in [-0.25, -0.2) is 0 Å². The first kappa shape index (κ1) is 12.2. The maximum Gasteiger partial charge on any atom is 0.133 e. The van der Waals surface area contributed by atoms with Gasteiger partial charge in [-0.3, -0.25) is 10.7 Å². The van der Waals surface area contributed by atoms with Gasteiger partial charge in [0.2, 0.25) is 0 Å². The zero-order chi connectivity index (χ0) is 14.3. The van der Waals surface area contributed by atoms with E-state index in [4.69, 9.17) is 5.21 Å². The van der Waals surface area contributed by atoms with Gasteiger partial charge in [0.05, 0.1) is 11.1 Å². The van der Waals surface area contributed by atoms with E-state index in [2.05, 4.69) is 5.18 Å². The largest absolute Gasteiger partial charge is 0.507 e. The van der Waals surface area contributed by atoms with Gasteiger partial charge in [-0.1, -0.05) is 12.1 Å². The van der Waals surface area contributed by atoms with Gasteiger partial charge in [0, 0.05) is 16.2 Å². The highest BCUT2D eigenvalue weighted by atomic mass is 16.5. The lowest BCUT2D eigenvalue weighted by molar-refractivity contribution is 0.389. The molecule has 0 aliphatic heterocycles.